The summed E-state index contributed by atoms with van der Waals surface area (Å²) in [6, 6.07) is 14.2. The van der Waals surface area contributed by atoms with Crippen molar-refractivity contribution in [2.45, 2.75) is 6.92 Å². The van der Waals surface area contributed by atoms with E-state index in [1.807, 2.05) is 36.1 Å². The smallest absolute Gasteiger partial charge is 0.257 e. The maximum Gasteiger partial charge on any atom is 0.257 e. The molecule has 2 saturated heterocycles. The number of fused-ring (bicyclic) bond motifs is 1. The molecule has 1 N–H and O–H groups in total. The number of nitrogens with zero attached hydrogens (tertiary/aromatic N) is 3. The monoisotopic (exact) mass is 390 g/mol. The molecule has 2 aromatic carbocycles. The lowest BCUT2D eigenvalue weighted by molar-refractivity contribution is 0.0782. The molecule has 3 heterocycles. The molecular formula is C23H23FN4O. The van der Waals surface area contributed by atoms with E-state index in [1.165, 1.54) is 12.1 Å². The summed E-state index contributed by atoms with van der Waals surface area (Å²) < 4.78 is 15.0. The van der Waals surface area contributed by atoms with Crippen LogP contribution in [-0.4, -0.2) is 46.8 Å². The molecule has 29 heavy (non-hydrogen) atoms. The molecule has 2 fully saturated rings. The standard InChI is InChI=1S/C23H23FN4O/c1-15-3-2-4-16(9-15)22-21(14-28(26-22)20-7-5-19(24)6-8-20)23(29)27-12-17-10-25-11-18(17)13-27/h2-9,14,17-18,25H,10-13H2,1H3/t17-,18+. The van der Waals surface area contributed by atoms with Crippen LogP contribution in [0.25, 0.3) is 16.9 Å². The molecule has 0 saturated carbocycles. The molecule has 0 spiro atoms. The Labute approximate surface area is 169 Å². The summed E-state index contributed by atoms with van der Waals surface area (Å²) in [6.45, 7) is 5.55. The van der Waals surface area contributed by atoms with Crippen molar-refractivity contribution >= 4 is 5.91 Å². The minimum Gasteiger partial charge on any atom is -0.338 e. The Hall–Kier alpha value is -2.99. The summed E-state index contributed by atoms with van der Waals surface area (Å²) in [7, 11) is 0. The number of hydrogen-bond acceptors (Lipinski definition) is 3. The number of aromatic nitrogens is 2. The van der Waals surface area contributed by atoms with Gasteiger partial charge in [-0.05, 0) is 49.1 Å². The first kappa shape index (κ1) is 18.1. The Morgan fingerprint density at radius 1 is 1.10 bits per heavy atom. The first-order valence-corrected chi connectivity index (χ1v) is 10.0. The van der Waals surface area contributed by atoms with Crippen LogP contribution in [0, 0.1) is 24.6 Å². The average Bonchev–Trinajstić information content (AvgIpc) is 3.42. The zero-order valence-corrected chi connectivity index (χ0v) is 16.3. The van der Waals surface area contributed by atoms with Crippen molar-refractivity contribution in [2.75, 3.05) is 26.2 Å². The summed E-state index contributed by atoms with van der Waals surface area (Å²) in [5, 5.41) is 8.13. The van der Waals surface area contributed by atoms with Gasteiger partial charge in [0.25, 0.3) is 5.91 Å². The predicted molar refractivity (Wildman–Crippen MR) is 109 cm³/mol. The number of halogens is 1. The number of amides is 1. The Bertz CT molecular complexity index is 1050. The number of hydrogen-bond donors (Lipinski definition) is 1. The molecule has 3 aromatic rings. The highest BCUT2D eigenvalue weighted by molar-refractivity contribution is 6.00. The van der Waals surface area contributed by atoms with Crippen molar-refractivity contribution in [1.29, 1.82) is 0 Å². The number of benzene rings is 2. The van der Waals surface area contributed by atoms with E-state index in [0.717, 1.165) is 43.0 Å². The quantitative estimate of drug-likeness (QED) is 0.747. The second-order valence-corrected chi connectivity index (χ2v) is 8.07. The van der Waals surface area contributed by atoms with Gasteiger partial charge in [-0.3, -0.25) is 4.79 Å². The van der Waals surface area contributed by atoms with Gasteiger partial charge in [0.05, 0.1) is 11.3 Å². The van der Waals surface area contributed by atoms with Gasteiger partial charge < -0.3 is 10.2 Å². The minimum atomic E-state index is -0.298. The van der Waals surface area contributed by atoms with Gasteiger partial charge in [0.15, 0.2) is 0 Å². The Morgan fingerprint density at radius 3 is 2.52 bits per heavy atom. The minimum absolute atomic E-state index is 0.0178. The van der Waals surface area contributed by atoms with Crippen molar-refractivity contribution in [1.82, 2.24) is 20.0 Å². The summed E-state index contributed by atoms with van der Waals surface area (Å²) in [4.78, 5) is 15.4. The average molecular weight is 390 g/mol. The summed E-state index contributed by atoms with van der Waals surface area (Å²) in [5.41, 5.74) is 4.00. The first-order chi connectivity index (χ1) is 14.1. The highest BCUT2D eigenvalue weighted by atomic mass is 19.1. The van der Waals surface area contributed by atoms with Crippen LogP contribution in [-0.2, 0) is 0 Å². The molecule has 1 aromatic heterocycles. The number of likely N-dealkylation sites (tertiary alicyclic amines) is 1. The zero-order valence-electron chi connectivity index (χ0n) is 16.3. The third-order valence-corrected chi connectivity index (χ3v) is 6.00. The van der Waals surface area contributed by atoms with Crippen molar-refractivity contribution in [2.24, 2.45) is 11.8 Å². The number of rotatable bonds is 3. The number of aryl methyl sites for hydroxylation is 1. The van der Waals surface area contributed by atoms with E-state index in [4.69, 9.17) is 5.10 Å². The van der Waals surface area contributed by atoms with E-state index >= 15 is 0 Å². The van der Waals surface area contributed by atoms with E-state index < -0.39 is 0 Å². The van der Waals surface area contributed by atoms with Crippen molar-refractivity contribution < 1.29 is 9.18 Å². The first-order valence-electron chi connectivity index (χ1n) is 10.0. The lowest BCUT2D eigenvalue weighted by Crippen LogP contribution is -2.32. The Morgan fingerprint density at radius 2 is 1.83 bits per heavy atom. The number of carbonyl (C=O) groups excluding carboxylic acids is 1. The largest absolute Gasteiger partial charge is 0.338 e. The van der Waals surface area contributed by atoms with Gasteiger partial charge in [0.2, 0.25) is 0 Å². The lowest BCUT2D eigenvalue weighted by Gasteiger charge is -2.17. The van der Waals surface area contributed by atoms with Gasteiger partial charge in [0, 0.05) is 37.9 Å². The van der Waals surface area contributed by atoms with Crippen LogP contribution >= 0.6 is 0 Å². The number of nitrogens with one attached hydrogen (secondary N) is 1. The Balaban J connectivity index is 1.55. The molecule has 2 aliphatic heterocycles. The summed E-state index contributed by atoms with van der Waals surface area (Å²) >= 11 is 0. The SMILES string of the molecule is Cc1cccc(-c2nn(-c3ccc(F)cc3)cc2C(=O)N2C[C@H]3CNC[C@H]3C2)c1. The van der Waals surface area contributed by atoms with Gasteiger partial charge in [-0.2, -0.15) is 5.10 Å². The highest BCUT2D eigenvalue weighted by Crippen LogP contribution is 2.31. The van der Waals surface area contributed by atoms with Crippen molar-refractivity contribution in [3.05, 3.63) is 71.7 Å². The van der Waals surface area contributed by atoms with E-state index in [-0.39, 0.29) is 11.7 Å². The topological polar surface area (TPSA) is 50.2 Å². The summed E-state index contributed by atoms with van der Waals surface area (Å²) in [5.74, 6) is 0.791. The molecule has 6 heteroatoms. The lowest BCUT2D eigenvalue weighted by atomic mass is 10.0. The van der Waals surface area contributed by atoms with E-state index in [1.54, 1.807) is 23.0 Å². The van der Waals surface area contributed by atoms with Gasteiger partial charge >= 0.3 is 0 Å². The van der Waals surface area contributed by atoms with Crippen LogP contribution in [0.2, 0.25) is 0 Å². The highest BCUT2D eigenvalue weighted by Gasteiger charge is 2.39. The molecule has 2 aliphatic rings. The van der Waals surface area contributed by atoms with Crippen LogP contribution in [0.5, 0.6) is 0 Å². The molecule has 0 bridgehead atoms. The van der Waals surface area contributed by atoms with E-state index in [0.29, 0.717) is 23.1 Å². The van der Waals surface area contributed by atoms with Crippen LogP contribution in [0.1, 0.15) is 15.9 Å². The van der Waals surface area contributed by atoms with Crippen molar-refractivity contribution in [3.8, 4) is 16.9 Å². The molecule has 5 nitrogen and oxygen atoms in total. The maximum absolute atomic E-state index is 13.4. The van der Waals surface area contributed by atoms with E-state index in [9.17, 15) is 9.18 Å². The molecular weight excluding hydrogens is 367 g/mol. The second kappa shape index (κ2) is 7.12. The molecule has 148 valence electrons. The maximum atomic E-state index is 13.4. The third kappa shape index (κ3) is 3.34. The van der Waals surface area contributed by atoms with Crippen LogP contribution < -0.4 is 5.32 Å². The Kier molecular flexibility index (Phi) is 4.43. The molecule has 5 rings (SSSR count). The fourth-order valence-corrected chi connectivity index (χ4v) is 4.45. The molecule has 0 radical (unpaired) electrons. The fraction of sp³-hybridized carbons (Fsp3) is 0.304. The molecule has 0 unspecified atom stereocenters. The molecule has 1 amide bonds. The summed E-state index contributed by atoms with van der Waals surface area (Å²) in [6.07, 6.45) is 1.78. The normalized spacial score (nSPS) is 20.8. The molecule has 0 aliphatic carbocycles. The van der Waals surface area contributed by atoms with Crippen LogP contribution in [0.15, 0.2) is 54.7 Å². The van der Waals surface area contributed by atoms with Crippen LogP contribution in [0.4, 0.5) is 4.39 Å². The second-order valence-electron chi connectivity index (χ2n) is 8.07. The third-order valence-electron chi connectivity index (χ3n) is 6.00. The van der Waals surface area contributed by atoms with Crippen LogP contribution in [0.3, 0.4) is 0 Å². The van der Waals surface area contributed by atoms with E-state index in [2.05, 4.69) is 5.32 Å². The zero-order chi connectivity index (χ0) is 20.0. The number of carbonyl (C=O) groups is 1. The molecule has 2 atom stereocenters. The predicted octanol–water partition coefficient (Wildman–Crippen LogP) is 3.28. The van der Waals surface area contributed by atoms with Gasteiger partial charge in [0.1, 0.15) is 11.5 Å². The van der Waals surface area contributed by atoms with Gasteiger partial charge in [-0.1, -0.05) is 23.8 Å². The van der Waals surface area contributed by atoms with Gasteiger partial charge in [-0.25, -0.2) is 9.07 Å². The van der Waals surface area contributed by atoms with Crippen molar-refractivity contribution in [3.63, 3.8) is 0 Å². The fourth-order valence-electron chi connectivity index (χ4n) is 4.45. The van der Waals surface area contributed by atoms with Gasteiger partial charge in [-0.15, -0.1) is 0 Å².